The molecule has 4 rings (SSSR count). The fourth-order valence-corrected chi connectivity index (χ4v) is 3.75. The van der Waals surface area contributed by atoms with Crippen LogP contribution >= 0.6 is 0 Å². The number of hydrogen-bond acceptors (Lipinski definition) is 6. The molecule has 0 unspecified atom stereocenters. The van der Waals surface area contributed by atoms with Crippen LogP contribution in [0.2, 0.25) is 0 Å². The third-order valence-corrected chi connectivity index (χ3v) is 5.42. The summed E-state index contributed by atoms with van der Waals surface area (Å²) in [5.41, 5.74) is 1.06. The maximum absolute atomic E-state index is 12.9. The maximum Gasteiger partial charge on any atom is 0.237 e. The number of aromatic nitrogens is 1. The molecule has 1 aromatic heterocycles. The largest absolute Gasteiger partial charge is 0.486 e. The number of pyridine rings is 1. The van der Waals surface area contributed by atoms with Crippen molar-refractivity contribution in [2.75, 3.05) is 57.4 Å². The van der Waals surface area contributed by atoms with Crippen molar-refractivity contribution in [3.05, 3.63) is 48.2 Å². The highest BCUT2D eigenvalue weighted by molar-refractivity contribution is 5.78. The van der Waals surface area contributed by atoms with Crippen LogP contribution in [0, 0.1) is 0 Å². The second-order valence-corrected chi connectivity index (χ2v) is 7.34. The summed E-state index contributed by atoms with van der Waals surface area (Å²) in [5, 5.41) is 0. The molecule has 1 fully saturated rings. The van der Waals surface area contributed by atoms with Gasteiger partial charge in [-0.05, 0) is 36.8 Å². The molecule has 154 valence electrons. The Kier molecular flexibility index (Phi) is 6.14. The summed E-state index contributed by atoms with van der Waals surface area (Å²) in [6.07, 6.45) is 1.82. The summed E-state index contributed by atoms with van der Waals surface area (Å²) >= 11 is 0. The Morgan fingerprint density at radius 3 is 2.59 bits per heavy atom. The molecule has 0 spiro atoms. The van der Waals surface area contributed by atoms with E-state index in [1.54, 1.807) is 0 Å². The first-order valence-corrected chi connectivity index (χ1v) is 10.3. The van der Waals surface area contributed by atoms with Gasteiger partial charge in [0.15, 0.2) is 11.5 Å². The second-order valence-electron chi connectivity index (χ2n) is 7.34. The van der Waals surface area contributed by atoms with Crippen molar-refractivity contribution in [3.8, 4) is 11.5 Å². The van der Waals surface area contributed by atoms with Crippen molar-refractivity contribution < 1.29 is 14.3 Å². The minimum atomic E-state index is 0.161. The Bertz CT molecular complexity index is 822. The minimum Gasteiger partial charge on any atom is -0.486 e. The Morgan fingerprint density at radius 2 is 1.86 bits per heavy atom. The molecular weight excluding hydrogens is 368 g/mol. The zero-order chi connectivity index (χ0) is 20.1. The SMILES string of the molecule is CCN(Cc1ccc2c(c1)OCCO2)C(=O)CN1CCN(c2ccccn2)CC1. The van der Waals surface area contributed by atoms with E-state index >= 15 is 0 Å². The van der Waals surface area contributed by atoms with Gasteiger partial charge in [0.2, 0.25) is 5.91 Å². The fourth-order valence-electron chi connectivity index (χ4n) is 3.75. The first kappa shape index (κ1) is 19.5. The van der Waals surface area contributed by atoms with Crippen LogP contribution < -0.4 is 14.4 Å². The number of ether oxygens (including phenoxy) is 2. The van der Waals surface area contributed by atoms with Gasteiger partial charge in [0.25, 0.3) is 0 Å². The highest BCUT2D eigenvalue weighted by Crippen LogP contribution is 2.31. The Hall–Kier alpha value is -2.80. The van der Waals surface area contributed by atoms with Crippen molar-refractivity contribution in [2.45, 2.75) is 13.5 Å². The summed E-state index contributed by atoms with van der Waals surface area (Å²) < 4.78 is 11.2. The van der Waals surface area contributed by atoms with Crippen LogP contribution in [0.25, 0.3) is 0 Å². The van der Waals surface area contributed by atoms with E-state index in [1.165, 1.54) is 0 Å². The molecule has 2 aliphatic rings. The van der Waals surface area contributed by atoms with Gasteiger partial charge in [-0.25, -0.2) is 4.98 Å². The summed E-state index contributed by atoms with van der Waals surface area (Å²) in [5.74, 6) is 2.71. The summed E-state index contributed by atoms with van der Waals surface area (Å²) in [6.45, 7) is 8.40. The lowest BCUT2D eigenvalue weighted by atomic mass is 10.1. The summed E-state index contributed by atoms with van der Waals surface area (Å²) in [6, 6.07) is 11.9. The molecule has 1 saturated heterocycles. The molecule has 2 aliphatic heterocycles. The first-order chi connectivity index (χ1) is 14.2. The van der Waals surface area contributed by atoms with E-state index in [9.17, 15) is 4.79 Å². The molecule has 1 amide bonds. The van der Waals surface area contributed by atoms with Gasteiger partial charge in [-0.2, -0.15) is 0 Å². The molecule has 29 heavy (non-hydrogen) atoms. The van der Waals surface area contributed by atoms with Crippen molar-refractivity contribution in [1.82, 2.24) is 14.8 Å². The third kappa shape index (κ3) is 4.79. The molecule has 0 atom stereocenters. The number of anilines is 1. The predicted octanol–water partition coefficient (Wildman–Crippen LogP) is 2.02. The monoisotopic (exact) mass is 396 g/mol. The molecule has 0 radical (unpaired) electrons. The van der Waals surface area contributed by atoms with Gasteiger partial charge in [-0.1, -0.05) is 12.1 Å². The van der Waals surface area contributed by atoms with Crippen LogP contribution in [0.5, 0.6) is 11.5 Å². The Labute approximate surface area is 171 Å². The average Bonchev–Trinajstić information content (AvgIpc) is 2.78. The van der Waals surface area contributed by atoms with E-state index in [1.807, 2.05) is 54.4 Å². The van der Waals surface area contributed by atoms with Gasteiger partial charge in [0.1, 0.15) is 19.0 Å². The van der Waals surface area contributed by atoms with Crippen LogP contribution in [0.15, 0.2) is 42.6 Å². The number of fused-ring (bicyclic) bond motifs is 1. The molecule has 2 aromatic rings. The second kappa shape index (κ2) is 9.13. The van der Waals surface area contributed by atoms with E-state index in [2.05, 4.69) is 14.8 Å². The number of benzene rings is 1. The van der Waals surface area contributed by atoms with Gasteiger partial charge < -0.3 is 19.3 Å². The summed E-state index contributed by atoms with van der Waals surface area (Å²) in [7, 11) is 0. The lowest BCUT2D eigenvalue weighted by Crippen LogP contribution is -2.50. The zero-order valence-corrected chi connectivity index (χ0v) is 16.9. The number of piperazine rings is 1. The van der Waals surface area contributed by atoms with Crippen molar-refractivity contribution >= 4 is 11.7 Å². The normalized spacial score (nSPS) is 16.5. The standard InChI is InChI=1S/C22H28N4O3/c1-2-25(16-18-6-7-19-20(15-18)29-14-13-28-19)22(27)17-24-9-11-26(12-10-24)21-5-3-4-8-23-21/h3-8,15H,2,9-14,16-17H2,1H3. The highest BCUT2D eigenvalue weighted by Gasteiger charge is 2.22. The molecule has 3 heterocycles. The van der Waals surface area contributed by atoms with E-state index in [0.717, 1.165) is 49.1 Å². The van der Waals surface area contributed by atoms with Gasteiger partial charge in [-0.15, -0.1) is 0 Å². The van der Waals surface area contributed by atoms with E-state index in [0.29, 0.717) is 32.8 Å². The Balaban J connectivity index is 1.30. The van der Waals surface area contributed by atoms with Crippen LogP contribution in [-0.4, -0.2) is 73.2 Å². The molecular formula is C22H28N4O3. The quantitative estimate of drug-likeness (QED) is 0.745. The molecule has 7 heteroatoms. The van der Waals surface area contributed by atoms with Crippen molar-refractivity contribution in [3.63, 3.8) is 0 Å². The van der Waals surface area contributed by atoms with Gasteiger partial charge in [0, 0.05) is 45.5 Å². The van der Waals surface area contributed by atoms with Crippen LogP contribution in [0.3, 0.4) is 0 Å². The first-order valence-electron chi connectivity index (χ1n) is 10.3. The van der Waals surface area contributed by atoms with Gasteiger partial charge >= 0.3 is 0 Å². The number of carbonyl (C=O) groups is 1. The van der Waals surface area contributed by atoms with Crippen LogP contribution in [0.4, 0.5) is 5.82 Å². The lowest BCUT2D eigenvalue weighted by molar-refractivity contribution is -0.132. The molecule has 7 nitrogen and oxygen atoms in total. The van der Waals surface area contributed by atoms with Crippen molar-refractivity contribution in [1.29, 1.82) is 0 Å². The topological polar surface area (TPSA) is 58.1 Å². The number of amides is 1. The molecule has 1 aromatic carbocycles. The van der Waals surface area contributed by atoms with E-state index < -0.39 is 0 Å². The summed E-state index contributed by atoms with van der Waals surface area (Å²) in [4.78, 5) is 23.7. The molecule has 0 saturated carbocycles. The number of rotatable bonds is 6. The highest BCUT2D eigenvalue weighted by atomic mass is 16.6. The molecule has 0 bridgehead atoms. The maximum atomic E-state index is 12.9. The van der Waals surface area contributed by atoms with Gasteiger partial charge in [0.05, 0.1) is 6.54 Å². The van der Waals surface area contributed by atoms with Crippen LogP contribution in [0.1, 0.15) is 12.5 Å². The number of nitrogens with zero attached hydrogens (tertiary/aromatic N) is 4. The molecule has 0 aliphatic carbocycles. The Morgan fingerprint density at radius 1 is 1.07 bits per heavy atom. The minimum absolute atomic E-state index is 0.161. The smallest absolute Gasteiger partial charge is 0.237 e. The van der Waals surface area contributed by atoms with Gasteiger partial charge in [-0.3, -0.25) is 9.69 Å². The zero-order valence-electron chi connectivity index (χ0n) is 16.9. The van der Waals surface area contributed by atoms with E-state index in [-0.39, 0.29) is 5.91 Å². The number of hydrogen-bond donors (Lipinski definition) is 0. The fraction of sp³-hybridized carbons (Fsp3) is 0.455. The van der Waals surface area contributed by atoms with Crippen molar-refractivity contribution in [2.24, 2.45) is 0 Å². The molecule has 0 N–H and O–H groups in total. The number of carbonyl (C=O) groups excluding carboxylic acids is 1. The predicted molar refractivity (Wildman–Crippen MR) is 111 cm³/mol. The van der Waals surface area contributed by atoms with Crippen LogP contribution in [-0.2, 0) is 11.3 Å². The average molecular weight is 396 g/mol. The lowest BCUT2D eigenvalue weighted by Gasteiger charge is -2.36. The van der Waals surface area contributed by atoms with E-state index in [4.69, 9.17) is 9.47 Å². The third-order valence-electron chi connectivity index (χ3n) is 5.42. The number of likely N-dealkylation sites (N-methyl/N-ethyl adjacent to an activating group) is 1.